The van der Waals surface area contributed by atoms with Crippen LogP contribution < -0.4 is 5.56 Å². The number of tetrazole rings is 1. The van der Waals surface area contributed by atoms with Gasteiger partial charge in [-0.05, 0) is 28.6 Å². The average Bonchev–Trinajstić information content (AvgIpc) is 2.87. The van der Waals surface area contributed by atoms with Gasteiger partial charge in [0.1, 0.15) is 6.54 Å². The van der Waals surface area contributed by atoms with Gasteiger partial charge < -0.3 is 0 Å². The third-order valence-corrected chi connectivity index (χ3v) is 3.28. The van der Waals surface area contributed by atoms with E-state index in [1.54, 1.807) is 12.1 Å². The van der Waals surface area contributed by atoms with Crippen LogP contribution in [0.5, 0.6) is 0 Å². The minimum absolute atomic E-state index is 0.100. The van der Waals surface area contributed by atoms with E-state index in [0.29, 0.717) is 20.7 Å². The molecule has 11 heteroatoms. The molecule has 0 saturated carbocycles. The smallest absolute Gasteiger partial charge is 0.298 e. The Kier molecular flexibility index (Phi) is 3.76. The molecule has 0 aliphatic heterocycles. The molecule has 0 bridgehead atoms. The summed E-state index contributed by atoms with van der Waals surface area (Å²) in [6.45, 7) is -1.57. The molecule has 0 N–H and O–H groups in total. The maximum atomic E-state index is 12.5. The Balaban J connectivity index is 2.06. The Bertz CT molecular complexity index is 919. The fourth-order valence-electron chi connectivity index (χ4n) is 2.07. The lowest BCUT2D eigenvalue weighted by Gasteiger charge is -2.11. The van der Waals surface area contributed by atoms with Gasteiger partial charge in [-0.25, -0.2) is 9.67 Å². The van der Waals surface area contributed by atoms with Crippen LogP contribution in [0.15, 0.2) is 29.2 Å². The zero-order chi connectivity index (χ0) is 16.6. The third-order valence-electron chi connectivity index (χ3n) is 3.04. The summed E-state index contributed by atoms with van der Waals surface area (Å²) in [6.07, 6.45) is -3.40. The zero-order valence-corrected chi connectivity index (χ0v) is 12.1. The molecule has 3 aromatic rings. The molecule has 23 heavy (non-hydrogen) atoms. The SMILES string of the molecule is O=c1cnc2ccc(Cl)cc2n1Cc1nnnn1CC(F)(F)F. The van der Waals surface area contributed by atoms with Crippen molar-refractivity contribution in [1.82, 2.24) is 29.8 Å². The molecule has 0 radical (unpaired) electrons. The van der Waals surface area contributed by atoms with Crippen molar-refractivity contribution in [3.8, 4) is 0 Å². The summed E-state index contributed by atoms with van der Waals surface area (Å²) < 4.78 is 39.3. The molecule has 0 spiro atoms. The largest absolute Gasteiger partial charge is 0.408 e. The lowest BCUT2D eigenvalue weighted by molar-refractivity contribution is -0.143. The molecule has 0 fully saturated rings. The summed E-state index contributed by atoms with van der Waals surface area (Å²) in [6, 6.07) is 4.70. The molecular weight excluding hydrogens is 337 g/mol. The number of hydrogen-bond donors (Lipinski definition) is 0. The van der Waals surface area contributed by atoms with Gasteiger partial charge >= 0.3 is 6.18 Å². The van der Waals surface area contributed by atoms with Crippen molar-refractivity contribution in [2.45, 2.75) is 19.3 Å². The monoisotopic (exact) mass is 344 g/mol. The topological polar surface area (TPSA) is 78.5 Å². The van der Waals surface area contributed by atoms with Gasteiger partial charge in [-0.2, -0.15) is 13.2 Å². The van der Waals surface area contributed by atoms with E-state index in [1.165, 1.54) is 10.6 Å². The van der Waals surface area contributed by atoms with E-state index in [1.807, 2.05) is 0 Å². The summed E-state index contributed by atoms with van der Waals surface area (Å²) in [5.74, 6) is -0.100. The first kappa shape index (κ1) is 15.4. The second-order valence-corrected chi connectivity index (χ2v) is 5.12. The summed E-state index contributed by atoms with van der Waals surface area (Å²) in [7, 11) is 0. The Hall–Kier alpha value is -2.49. The van der Waals surface area contributed by atoms with E-state index in [4.69, 9.17) is 11.6 Å². The minimum atomic E-state index is -4.47. The van der Waals surface area contributed by atoms with E-state index in [2.05, 4.69) is 20.5 Å². The number of hydrogen-bond acceptors (Lipinski definition) is 5. The van der Waals surface area contributed by atoms with Crippen LogP contribution in [0.2, 0.25) is 5.02 Å². The number of fused-ring (bicyclic) bond motifs is 1. The van der Waals surface area contributed by atoms with Crippen molar-refractivity contribution >= 4 is 22.6 Å². The highest BCUT2D eigenvalue weighted by Gasteiger charge is 2.30. The number of halogens is 4. The first-order valence-corrected chi connectivity index (χ1v) is 6.68. The Morgan fingerprint density at radius 2 is 2.04 bits per heavy atom. The first-order chi connectivity index (χ1) is 10.8. The summed E-state index contributed by atoms with van der Waals surface area (Å²) in [5, 5.41) is 10.5. The van der Waals surface area contributed by atoms with Gasteiger partial charge in [-0.3, -0.25) is 9.36 Å². The van der Waals surface area contributed by atoms with Crippen LogP contribution in [-0.4, -0.2) is 35.9 Å². The van der Waals surface area contributed by atoms with Crippen LogP contribution in [0, 0.1) is 0 Å². The van der Waals surface area contributed by atoms with Crippen LogP contribution in [0.3, 0.4) is 0 Å². The van der Waals surface area contributed by atoms with Crippen molar-refractivity contribution in [3.05, 3.63) is 45.6 Å². The van der Waals surface area contributed by atoms with E-state index < -0.39 is 18.3 Å². The van der Waals surface area contributed by atoms with Crippen molar-refractivity contribution < 1.29 is 13.2 Å². The van der Waals surface area contributed by atoms with Crippen LogP contribution in [0.1, 0.15) is 5.82 Å². The van der Waals surface area contributed by atoms with Crippen molar-refractivity contribution in [1.29, 1.82) is 0 Å². The standard InChI is InChI=1S/C12H8ClF3N6O/c13-7-1-2-8-9(3-7)21(11(23)4-17-8)5-10-18-19-20-22(10)6-12(14,15)16/h1-4H,5-6H2. The van der Waals surface area contributed by atoms with Crippen LogP contribution in [-0.2, 0) is 13.1 Å². The highest BCUT2D eigenvalue weighted by molar-refractivity contribution is 6.31. The van der Waals surface area contributed by atoms with Gasteiger partial charge in [0.05, 0.1) is 23.8 Å². The van der Waals surface area contributed by atoms with Gasteiger partial charge in [0.2, 0.25) is 0 Å². The fourth-order valence-corrected chi connectivity index (χ4v) is 2.24. The predicted molar refractivity (Wildman–Crippen MR) is 74.0 cm³/mol. The molecule has 1 aromatic carbocycles. The molecule has 2 aromatic heterocycles. The van der Waals surface area contributed by atoms with Gasteiger partial charge in [0, 0.05) is 5.02 Å². The van der Waals surface area contributed by atoms with Crippen molar-refractivity contribution in [2.24, 2.45) is 0 Å². The second kappa shape index (κ2) is 5.61. The van der Waals surface area contributed by atoms with Crippen LogP contribution in [0.4, 0.5) is 13.2 Å². The zero-order valence-electron chi connectivity index (χ0n) is 11.3. The molecule has 0 atom stereocenters. The Labute approximate surface area is 131 Å². The number of alkyl halides is 3. The van der Waals surface area contributed by atoms with E-state index in [-0.39, 0.29) is 12.4 Å². The maximum absolute atomic E-state index is 12.5. The highest BCUT2D eigenvalue weighted by Crippen LogP contribution is 2.19. The summed E-state index contributed by atoms with van der Waals surface area (Å²) in [5.41, 5.74) is 0.358. The van der Waals surface area contributed by atoms with Gasteiger partial charge in [0.15, 0.2) is 5.82 Å². The molecular formula is C12H8ClF3N6O. The number of benzene rings is 1. The molecule has 0 amide bonds. The van der Waals surface area contributed by atoms with E-state index in [0.717, 1.165) is 6.20 Å². The molecule has 0 aliphatic carbocycles. The molecule has 3 rings (SSSR count). The van der Waals surface area contributed by atoms with Gasteiger partial charge in [0.25, 0.3) is 5.56 Å². The third kappa shape index (κ3) is 3.31. The van der Waals surface area contributed by atoms with E-state index >= 15 is 0 Å². The molecule has 0 saturated heterocycles. The lowest BCUT2D eigenvalue weighted by atomic mass is 10.3. The van der Waals surface area contributed by atoms with Crippen LogP contribution >= 0.6 is 11.6 Å². The number of nitrogens with zero attached hydrogens (tertiary/aromatic N) is 6. The predicted octanol–water partition coefficient (Wildman–Crippen LogP) is 1.65. The molecule has 7 nitrogen and oxygen atoms in total. The maximum Gasteiger partial charge on any atom is 0.408 e. The Morgan fingerprint density at radius 3 is 2.78 bits per heavy atom. The van der Waals surface area contributed by atoms with Crippen molar-refractivity contribution in [2.75, 3.05) is 0 Å². The average molecular weight is 345 g/mol. The normalized spacial score (nSPS) is 12.0. The fraction of sp³-hybridized carbons (Fsp3) is 0.250. The number of aromatic nitrogens is 6. The summed E-state index contributed by atoms with van der Waals surface area (Å²) in [4.78, 5) is 16.0. The molecule has 2 heterocycles. The second-order valence-electron chi connectivity index (χ2n) is 4.68. The quantitative estimate of drug-likeness (QED) is 0.722. The summed E-state index contributed by atoms with van der Waals surface area (Å²) >= 11 is 5.91. The molecule has 120 valence electrons. The van der Waals surface area contributed by atoms with Gasteiger partial charge in [-0.1, -0.05) is 11.6 Å². The lowest BCUT2D eigenvalue weighted by Crippen LogP contribution is -2.25. The van der Waals surface area contributed by atoms with Gasteiger partial charge in [-0.15, -0.1) is 5.10 Å². The Morgan fingerprint density at radius 1 is 1.26 bits per heavy atom. The number of rotatable bonds is 3. The molecule has 0 aliphatic rings. The molecule has 0 unspecified atom stereocenters. The first-order valence-electron chi connectivity index (χ1n) is 6.30. The highest BCUT2D eigenvalue weighted by atomic mass is 35.5. The van der Waals surface area contributed by atoms with Crippen molar-refractivity contribution in [3.63, 3.8) is 0 Å². The van der Waals surface area contributed by atoms with E-state index in [9.17, 15) is 18.0 Å². The minimum Gasteiger partial charge on any atom is -0.298 e. The van der Waals surface area contributed by atoms with Crippen LogP contribution in [0.25, 0.3) is 11.0 Å².